The largest absolute Gasteiger partial charge is 0.416 e. The Hall–Kier alpha value is -7.94. The van der Waals surface area contributed by atoms with Gasteiger partial charge in [0.15, 0.2) is 0 Å². The molecule has 0 N–H and O–H groups in total. The zero-order valence-corrected chi connectivity index (χ0v) is 30.5. The first kappa shape index (κ1) is 34.5. The normalized spacial score (nSPS) is 11.7. The van der Waals surface area contributed by atoms with E-state index in [2.05, 4.69) is 39.9 Å². The van der Waals surface area contributed by atoms with Crippen LogP contribution in [0.15, 0.2) is 170 Å². The predicted molar refractivity (Wildman–Crippen MR) is 224 cm³/mol. The number of benzene rings is 7. The Bertz CT molecular complexity index is 3340. The minimum atomic E-state index is -4.60. The molecule has 0 aliphatic rings. The van der Waals surface area contributed by atoms with Crippen LogP contribution in [0.1, 0.15) is 16.7 Å². The fourth-order valence-electron chi connectivity index (χ4n) is 8.21. The van der Waals surface area contributed by atoms with E-state index in [0.717, 1.165) is 71.9 Å². The van der Waals surface area contributed by atoms with Crippen LogP contribution < -0.4 is 0 Å². The van der Waals surface area contributed by atoms with Crippen molar-refractivity contribution in [1.82, 2.24) is 14.1 Å². The predicted octanol–water partition coefficient (Wildman–Crippen LogP) is 13.0. The number of fused-ring (bicyclic) bond motifs is 6. The van der Waals surface area contributed by atoms with E-state index in [1.54, 1.807) is 42.7 Å². The third-order valence-corrected chi connectivity index (χ3v) is 10.9. The van der Waals surface area contributed by atoms with Gasteiger partial charge in [-0.15, -0.1) is 0 Å². The summed E-state index contributed by atoms with van der Waals surface area (Å²) in [6.07, 6.45) is -1.28. The molecule has 0 spiro atoms. The Labute approximate surface area is 330 Å². The highest BCUT2D eigenvalue weighted by atomic mass is 19.4. The lowest BCUT2D eigenvalue weighted by Gasteiger charge is -2.20. The Morgan fingerprint density at radius 1 is 0.448 bits per heavy atom. The van der Waals surface area contributed by atoms with Crippen molar-refractivity contribution in [3.8, 4) is 56.9 Å². The van der Waals surface area contributed by atoms with E-state index in [9.17, 15) is 23.7 Å². The van der Waals surface area contributed by atoms with Gasteiger partial charge in [-0.05, 0) is 107 Å². The summed E-state index contributed by atoms with van der Waals surface area (Å²) in [5.41, 5.74) is 9.82. The molecule has 0 unspecified atom stereocenters. The van der Waals surface area contributed by atoms with Crippen molar-refractivity contribution < 1.29 is 13.2 Å². The second-order valence-electron chi connectivity index (χ2n) is 14.2. The van der Waals surface area contributed by atoms with Crippen molar-refractivity contribution in [2.75, 3.05) is 0 Å². The van der Waals surface area contributed by atoms with Crippen LogP contribution in [-0.2, 0) is 6.18 Å². The molecule has 0 radical (unpaired) electrons. The van der Waals surface area contributed by atoms with E-state index in [1.165, 1.54) is 6.07 Å². The van der Waals surface area contributed by atoms with E-state index in [1.807, 2.05) is 102 Å². The summed E-state index contributed by atoms with van der Waals surface area (Å²) in [5, 5.41) is 22.5. The molecule has 5 nitrogen and oxygen atoms in total. The summed E-state index contributed by atoms with van der Waals surface area (Å²) in [5.74, 6) is 0. The molecule has 0 amide bonds. The number of nitrogens with zero attached hydrogens (tertiary/aromatic N) is 5. The first-order valence-corrected chi connectivity index (χ1v) is 18.5. The van der Waals surface area contributed by atoms with Gasteiger partial charge in [-0.1, -0.05) is 72.8 Å². The number of alkyl halides is 3. The van der Waals surface area contributed by atoms with Crippen LogP contribution in [0.3, 0.4) is 0 Å². The van der Waals surface area contributed by atoms with Crippen LogP contribution in [0.2, 0.25) is 0 Å². The molecular weight excluding hydrogens is 728 g/mol. The third-order valence-electron chi connectivity index (χ3n) is 10.9. The van der Waals surface area contributed by atoms with Crippen molar-refractivity contribution in [3.05, 3.63) is 187 Å². The van der Waals surface area contributed by atoms with Crippen molar-refractivity contribution in [3.63, 3.8) is 0 Å². The Balaban J connectivity index is 1.22. The topological polar surface area (TPSA) is 70.3 Å². The summed E-state index contributed by atoms with van der Waals surface area (Å²) in [4.78, 5) is 4.51. The maximum atomic E-state index is 14.7. The summed E-state index contributed by atoms with van der Waals surface area (Å²) in [6.45, 7) is 0. The number of hydrogen-bond donors (Lipinski definition) is 0. The average Bonchev–Trinajstić information content (AvgIpc) is 3.78. The Morgan fingerprint density at radius 3 is 1.41 bits per heavy atom. The Morgan fingerprint density at radius 2 is 0.914 bits per heavy atom. The number of nitriles is 2. The van der Waals surface area contributed by atoms with Gasteiger partial charge in [-0.2, -0.15) is 23.7 Å². The zero-order valence-electron chi connectivity index (χ0n) is 30.5. The monoisotopic (exact) mass is 755 g/mol. The minimum Gasteiger partial charge on any atom is -0.309 e. The smallest absolute Gasteiger partial charge is 0.309 e. The standard InChI is InChI=1S/C50H28F3N5/c51-50(52,53)37-19-22-48(57-44-7-3-1-5-38(44)40-25-35(17-20-46(40)57)33-13-9-31(28-54)10-14-33)42(27-37)43-30-56-24-23-49(43)58-45-8-4-2-6-39(45)41-26-36(18-21-47(41)58)34-15-11-32(29-55)12-16-34/h1-27,30H. The third kappa shape index (κ3) is 5.58. The molecule has 8 heteroatoms. The van der Waals surface area contributed by atoms with E-state index in [4.69, 9.17) is 0 Å². The van der Waals surface area contributed by atoms with Crippen LogP contribution >= 0.6 is 0 Å². The number of para-hydroxylation sites is 2. The highest BCUT2D eigenvalue weighted by Crippen LogP contribution is 2.43. The molecule has 7 aromatic carbocycles. The Kier molecular flexibility index (Phi) is 7.96. The average molecular weight is 756 g/mol. The molecule has 274 valence electrons. The lowest BCUT2D eigenvalue weighted by molar-refractivity contribution is -0.137. The van der Waals surface area contributed by atoms with E-state index >= 15 is 0 Å². The highest BCUT2D eigenvalue weighted by Gasteiger charge is 2.32. The van der Waals surface area contributed by atoms with Gasteiger partial charge in [0, 0.05) is 45.1 Å². The molecule has 0 aliphatic heterocycles. The molecule has 3 heterocycles. The molecule has 0 atom stereocenters. The van der Waals surface area contributed by atoms with Crippen molar-refractivity contribution in [1.29, 1.82) is 10.5 Å². The molecule has 10 aromatic rings. The van der Waals surface area contributed by atoms with Crippen LogP contribution in [0.4, 0.5) is 13.2 Å². The van der Waals surface area contributed by atoms with Crippen LogP contribution in [0.25, 0.3) is 88.4 Å². The highest BCUT2D eigenvalue weighted by molar-refractivity contribution is 6.12. The molecule has 0 saturated carbocycles. The zero-order chi connectivity index (χ0) is 39.5. The lowest BCUT2D eigenvalue weighted by Crippen LogP contribution is -2.08. The first-order chi connectivity index (χ1) is 28.3. The number of rotatable bonds is 5. The molecule has 3 aromatic heterocycles. The summed E-state index contributed by atoms with van der Waals surface area (Å²) >= 11 is 0. The second kappa shape index (κ2) is 13.4. The maximum Gasteiger partial charge on any atom is 0.416 e. The second-order valence-corrected chi connectivity index (χ2v) is 14.2. The van der Waals surface area contributed by atoms with Gasteiger partial charge in [0.25, 0.3) is 0 Å². The molecule has 0 bridgehead atoms. The SMILES string of the molecule is N#Cc1ccc(-c2ccc3c(c2)c2ccccc2n3-c2ccncc2-c2cc(C(F)(F)F)ccc2-n2c3ccccc3c3cc(-c4ccc(C#N)cc4)ccc32)cc1. The molecule has 10 rings (SSSR count). The van der Waals surface area contributed by atoms with Crippen molar-refractivity contribution in [2.24, 2.45) is 0 Å². The number of halogens is 3. The summed E-state index contributed by atoms with van der Waals surface area (Å²) in [7, 11) is 0. The first-order valence-electron chi connectivity index (χ1n) is 18.5. The summed E-state index contributed by atoms with van der Waals surface area (Å²) < 4.78 is 48.1. The van der Waals surface area contributed by atoms with E-state index in [0.29, 0.717) is 33.6 Å². The quantitative estimate of drug-likeness (QED) is 0.176. The van der Waals surface area contributed by atoms with Crippen molar-refractivity contribution >= 4 is 43.6 Å². The lowest BCUT2D eigenvalue weighted by atomic mass is 9.99. The van der Waals surface area contributed by atoms with E-state index in [-0.39, 0.29) is 0 Å². The van der Waals surface area contributed by atoms with Gasteiger partial charge in [0.2, 0.25) is 0 Å². The number of pyridine rings is 1. The van der Waals surface area contributed by atoms with Crippen LogP contribution in [0, 0.1) is 22.7 Å². The fourth-order valence-corrected chi connectivity index (χ4v) is 8.21. The van der Waals surface area contributed by atoms with Crippen LogP contribution in [0.5, 0.6) is 0 Å². The summed E-state index contributed by atoms with van der Waals surface area (Å²) in [6, 6.07) is 53.2. The van der Waals surface area contributed by atoms with Crippen molar-refractivity contribution in [2.45, 2.75) is 6.18 Å². The molecule has 0 saturated heterocycles. The van der Waals surface area contributed by atoms with Crippen LogP contribution in [-0.4, -0.2) is 14.1 Å². The van der Waals surface area contributed by atoms with E-state index < -0.39 is 11.7 Å². The number of hydrogen-bond acceptors (Lipinski definition) is 3. The maximum absolute atomic E-state index is 14.7. The van der Waals surface area contributed by atoms with Gasteiger partial charge in [-0.25, -0.2) is 0 Å². The molecule has 0 fully saturated rings. The molecule has 0 aliphatic carbocycles. The molecule has 58 heavy (non-hydrogen) atoms. The van der Waals surface area contributed by atoms with Gasteiger partial charge in [-0.3, -0.25) is 4.98 Å². The van der Waals surface area contributed by atoms with Gasteiger partial charge in [0.1, 0.15) is 0 Å². The minimum absolute atomic E-state index is 0.372. The molecular formula is C50H28F3N5. The number of aromatic nitrogens is 3. The van der Waals surface area contributed by atoms with Gasteiger partial charge < -0.3 is 9.13 Å². The van der Waals surface area contributed by atoms with Gasteiger partial charge >= 0.3 is 6.18 Å². The van der Waals surface area contributed by atoms with Gasteiger partial charge in [0.05, 0.1) is 62.3 Å². The fraction of sp³-hybridized carbons (Fsp3) is 0.0200.